The van der Waals surface area contributed by atoms with Crippen molar-refractivity contribution in [1.82, 2.24) is 0 Å². The largest absolute Gasteiger partial charge is 0.490 e. The first kappa shape index (κ1) is 13.7. The maximum Gasteiger partial charge on any atom is 0.119 e. The molecule has 0 saturated carbocycles. The fourth-order valence-electron chi connectivity index (χ4n) is 2.13. The lowest BCUT2D eigenvalue weighted by atomic mass is 10.1. The van der Waals surface area contributed by atoms with E-state index in [2.05, 4.69) is 69.3 Å². The molecule has 1 heteroatoms. The topological polar surface area (TPSA) is 9.23 Å². The van der Waals surface area contributed by atoms with Gasteiger partial charge in [-0.3, -0.25) is 0 Å². The summed E-state index contributed by atoms with van der Waals surface area (Å²) in [4.78, 5) is 0. The standard InChI is InChI=1S/C18H22O/c1-4-16-9-11-18(12-10-16)19-15(3)13-17-7-5-14(2)6-8-17/h5-12,15H,4,13H2,1-3H3. The first-order chi connectivity index (χ1) is 9.17. The molecule has 0 saturated heterocycles. The number of rotatable bonds is 5. The first-order valence-corrected chi connectivity index (χ1v) is 6.98. The summed E-state index contributed by atoms with van der Waals surface area (Å²) in [6.07, 6.45) is 2.20. The predicted molar refractivity (Wildman–Crippen MR) is 80.8 cm³/mol. The van der Waals surface area contributed by atoms with Gasteiger partial charge in [0.25, 0.3) is 0 Å². The molecule has 0 N–H and O–H groups in total. The lowest BCUT2D eigenvalue weighted by Crippen LogP contribution is -2.15. The Hall–Kier alpha value is -1.76. The van der Waals surface area contributed by atoms with Gasteiger partial charge in [0.15, 0.2) is 0 Å². The third-order valence-corrected chi connectivity index (χ3v) is 3.31. The molecule has 0 aliphatic carbocycles. The fourth-order valence-corrected chi connectivity index (χ4v) is 2.13. The Morgan fingerprint density at radius 1 is 0.895 bits per heavy atom. The molecule has 2 rings (SSSR count). The van der Waals surface area contributed by atoms with Crippen LogP contribution in [-0.4, -0.2) is 6.10 Å². The Kier molecular flexibility index (Phi) is 4.62. The van der Waals surface area contributed by atoms with Gasteiger partial charge in [-0.25, -0.2) is 0 Å². The van der Waals surface area contributed by atoms with Gasteiger partial charge in [-0.2, -0.15) is 0 Å². The highest BCUT2D eigenvalue weighted by atomic mass is 16.5. The predicted octanol–water partition coefficient (Wildman–Crippen LogP) is 4.57. The van der Waals surface area contributed by atoms with Crippen molar-refractivity contribution >= 4 is 0 Å². The third-order valence-electron chi connectivity index (χ3n) is 3.31. The minimum absolute atomic E-state index is 0.190. The van der Waals surface area contributed by atoms with Gasteiger partial charge in [0, 0.05) is 6.42 Å². The summed E-state index contributed by atoms with van der Waals surface area (Å²) >= 11 is 0. The summed E-state index contributed by atoms with van der Waals surface area (Å²) in [6.45, 7) is 6.39. The molecule has 1 unspecified atom stereocenters. The molecule has 0 aliphatic heterocycles. The molecule has 2 aromatic rings. The summed E-state index contributed by atoms with van der Waals surface area (Å²) in [6, 6.07) is 17.0. The van der Waals surface area contributed by atoms with Crippen LogP contribution in [0, 0.1) is 6.92 Å². The molecule has 0 amide bonds. The van der Waals surface area contributed by atoms with Crippen molar-refractivity contribution in [3.8, 4) is 5.75 Å². The van der Waals surface area contributed by atoms with Crippen LogP contribution in [0.25, 0.3) is 0 Å². The highest BCUT2D eigenvalue weighted by Crippen LogP contribution is 2.16. The van der Waals surface area contributed by atoms with Crippen LogP contribution in [0.2, 0.25) is 0 Å². The molecule has 0 spiro atoms. The van der Waals surface area contributed by atoms with E-state index in [4.69, 9.17) is 4.74 Å². The van der Waals surface area contributed by atoms with Crippen LogP contribution in [0.3, 0.4) is 0 Å². The zero-order chi connectivity index (χ0) is 13.7. The number of aryl methyl sites for hydroxylation is 2. The second-order valence-corrected chi connectivity index (χ2v) is 5.12. The van der Waals surface area contributed by atoms with Crippen molar-refractivity contribution < 1.29 is 4.74 Å². The smallest absolute Gasteiger partial charge is 0.119 e. The number of benzene rings is 2. The van der Waals surface area contributed by atoms with Crippen molar-refractivity contribution in [3.05, 3.63) is 65.2 Å². The summed E-state index contributed by atoms with van der Waals surface area (Å²) < 4.78 is 5.95. The van der Waals surface area contributed by atoms with Crippen LogP contribution < -0.4 is 4.74 Å². The van der Waals surface area contributed by atoms with Crippen LogP contribution in [-0.2, 0) is 12.8 Å². The SMILES string of the molecule is CCc1ccc(OC(C)Cc2ccc(C)cc2)cc1. The zero-order valence-corrected chi connectivity index (χ0v) is 12.0. The van der Waals surface area contributed by atoms with Crippen LogP contribution in [0.4, 0.5) is 0 Å². The molecule has 0 bridgehead atoms. The molecular formula is C18H22O. The molecule has 0 fully saturated rings. The molecule has 19 heavy (non-hydrogen) atoms. The van der Waals surface area contributed by atoms with Gasteiger partial charge in [0.05, 0.1) is 6.10 Å². The molecular weight excluding hydrogens is 232 g/mol. The quantitative estimate of drug-likeness (QED) is 0.759. The van der Waals surface area contributed by atoms with Crippen LogP contribution >= 0.6 is 0 Å². The Balaban J connectivity index is 1.92. The molecule has 0 aliphatic rings. The van der Waals surface area contributed by atoms with Gasteiger partial charge in [-0.05, 0) is 43.5 Å². The Labute approximate surface area is 116 Å². The average Bonchev–Trinajstić information content (AvgIpc) is 2.42. The van der Waals surface area contributed by atoms with Crippen molar-refractivity contribution in [2.75, 3.05) is 0 Å². The molecule has 100 valence electrons. The van der Waals surface area contributed by atoms with Crippen molar-refractivity contribution in [2.45, 2.75) is 39.7 Å². The zero-order valence-electron chi connectivity index (χ0n) is 12.0. The van der Waals surface area contributed by atoms with Gasteiger partial charge in [0.1, 0.15) is 5.75 Å². The highest BCUT2D eigenvalue weighted by molar-refractivity contribution is 5.28. The maximum absolute atomic E-state index is 5.95. The normalized spacial score (nSPS) is 12.2. The molecule has 0 aromatic heterocycles. The number of hydrogen-bond acceptors (Lipinski definition) is 1. The van der Waals surface area contributed by atoms with Gasteiger partial charge in [-0.15, -0.1) is 0 Å². The number of ether oxygens (including phenoxy) is 1. The van der Waals surface area contributed by atoms with Crippen molar-refractivity contribution in [2.24, 2.45) is 0 Å². The number of hydrogen-bond donors (Lipinski definition) is 0. The van der Waals surface area contributed by atoms with E-state index in [0.717, 1.165) is 18.6 Å². The van der Waals surface area contributed by atoms with Crippen molar-refractivity contribution in [1.29, 1.82) is 0 Å². The Morgan fingerprint density at radius 2 is 1.47 bits per heavy atom. The minimum Gasteiger partial charge on any atom is -0.490 e. The van der Waals surface area contributed by atoms with Crippen molar-refractivity contribution in [3.63, 3.8) is 0 Å². The van der Waals surface area contributed by atoms with Gasteiger partial charge in [-0.1, -0.05) is 48.9 Å². The van der Waals surface area contributed by atoms with Crippen LogP contribution in [0.5, 0.6) is 5.75 Å². The summed E-state index contributed by atoms with van der Waals surface area (Å²) in [7, 11) is 0. The lowest BCUT2D eigenvalue weighted by molar-refractivity contribution is 0.222. The third kappa shape index (κ3) is 4.13. The average molecular weight is 254 g/mol. The highest BCUT2D eigenvalue weighted by Gasteiger charge is 2.05. The van der Waals surface area contributed by atoms with E-state index < -0.39 is 0 Å². The van der Waals surface area contributed by atoms with Crippen LogP contribution in [0.1, 0.15) is 30.5 Å². The van der Waals surface area contributed by atoms with E-state index >= 15 is 0 Å². The van der Waals surface area contributed by atoms with Gasteiger partial charge in [0.2, 0.25) is 0 Å². The second kappa shape index (κ2) is 6.42. The fraction of sp³-hybridized carbons (Fsp3) is 0.333. The summed E-state index contributed by atoms with van der Waals surface area (Å²) in [5, 5.41) is 0. The molecule has 0 radical (unpaired) electrons. The summed E-state index contributed by atoms with van der Waals surface area (Å²) in [5.41, 5.74) is 3.97. The second-order valence-electron chi connectivity index (χ2n) is 5.12. The van der Waals surface area contributed by atoms with E-state index in [-0.39, 0.29) is 6.10 Å². The van der Waals surface area contributed by atoms with Crippen LogP contribution in [0.15, 0.2) is 48.5 Å². The maximum atomic E-state index is 5.95. The Morgan fingerprint density at radius 3 is 2.05 bits per heavy atom. The van der Waals surface area contributed by atoms with E-state index in [1.807, 2.05) is 0 Å². The van der Waals surface area contributed by atoms with E-state index in [0.29, 0.717) is 0 Å². The lowest BCUT2D eigenvalue weighted by Gasteiger charge is -2.15. The summed E-state index contributed by atoms with van der Waals surface area (Å²) in [5.74, 6) is 0.955. The van der Waals surface area contributed by atoms with Gasteiger partial charge < -0.3 is 4.74 Å². The van der Waals surface area contributed by atoms with E-state index in [9.17, 15) is 0 Å². The van der Waals surface area contributed by atoms with E-state index in [1.54, 1.807) is 0 Å². The van der Waals surface area contributed by atoms with E-state index in [1.165, 1.54) is 16.7 Å². The first-order valence-electron chi connectivity index (χ1n) is 6.98. The minimum atomic E-state index is 0.190. The molecule has 0 heterocycles. The molecule has 1 atom stereocenters. The van der Waals surface area contributed by atoms with Gasteiger partial charge >= 0.3 is 0 Å². The molecule has 2 aromatic carbocycles. The monoisotopic (exact) mass is 254 g/mol. The molecule has 1 nitrogen and oxygen atoms in total. The Bertz CT molecular complexity index is 496.